The van der Waals surface area contributed by atoms with Crippen LogP contribution in [0.4, 0.5) is 4.79 Å². The van der Waals surface area contributed by atoms with E-state index in [1.54, 1.807) is 6.08 Å². The van der Waals surface area contributed by atoms with E-state index in [0.717, 1.165) is 12.8 Å². The lowest BCUT2D eigenvalue weighted by Crippen LogP contribution is -2.57. The Morgan fingerprint density at radius 3 is 2.62 bits per heavy atom. The Kier molecular flexibility index (Phi) is 6.90. The molecule has 2 heterocycles. The van der Waals surface area contributed by atoms with Crippen molar-refractivity contribution in [3.8, 4) is 0 Å². The molecule has 0 radical (unpaired) electrons. The number of hydrogen-bond donors (Lipinski definition) is 1. The molecule has 2 unspecified atom stereocenters. The molecule has 0 aromatic heterocycles. The lowest BCUT2D eigenvalue weighted by atomic mass is 10.1. The van der Waals surface area contributed by atoms with Crippen molar-refractivity contribution in [2.24, 2.45) is 5.92 Å². The molecule has 2 aliphatic heterocycles. The van der Waals surface area contributed by atoms with Crippen LogP contribution in [-0.4, -0.2) is 57.4 Å². The van der Waals surface area contributed by atoms with E-state index < -0.39 is 11.3 Å². The summed E-state index contributed by atoms with van der Waals surface area (Å²) >= 11 is 1.38. The topological polar surface area (TPSA) is 69.5 Å². The van der Waals surface area contributed by atoms with Crippen LogP contribution < -0.4 is 5.32 Å². The van der Waals surface area contributed by atoms with E-state index in [0.29, 0.717) is 12.3 Å². The second kappa shape index (κ2) is 9.39. The number of aryl methyl sites for hydroxylation is 1. The first kappa shape index (κ1) is 21.3. The number of carbonyl (C=O) groups excluding carboxylic acids is 3. The van der Waals surface area contributed by atoms with Crippen LogP contribution in [0.15, 0.2) is 41.8 Å². The molecule has 7 heteroatoms. The third-order valence-corrected chi connectivity index (χ3v) is 5.96. The van der Waals surface area contributed by atoms with Gasteiger partial charge in [-0.15, -0.1) is 11.8 Å². The number of imide groups is 1. The number of thioether (sulfide) groups is 1. The van der Waals surface area contributed by atoms with Crippen molar-refractivity contribution in [2.75, 3.05) is 13.1 Å². The summed E-state index contributed by atoms with van der Waals surface area (Å²) < 4.78 is 1.45. The molecule has 0 saturated heterocycles. The van der Waals surface area contributed by atoms with Crippen molar-refractivity contribution < 1.29 is 19.0 Å². The highest BCUT2D eigenvalue weighted by Crippen LogP contribution is 2.28. The number of nitrogens with zero attached hydrogens (tertiary/aromatic N) is 2. The van der Waals surface area contributed by atoms with Gasteiger partial charge in [0.25, 0.3) is 5.91 Å². The zero-order valence-electron chi connectivity index (χ0n) is 17.1. The van der Waals surface area contributed by atoms with Crippen molar-refractivity contribution in [3.05, 3.63) is 47.4 Å². The van der Waals surface area contributed by atoms with E-state index in [-0.39, 0.29) is 30.3 Å². The maximum atomic E-state index is 12.9. The fourth-order valence-electron chi connectivity index (χ4n) is 3.51. The molecule has 2 atom stereocenters. The average Bonchev–Trinajstić information content (AvgIpc) is 3.17. The molecule has 6 nitrogen and oxygen atoms in total. The smallest absolute Gasteiger partial charge is 0.350 e. The third-order valence-electron chi connectivity index (χ3n) is 4.95. The van der Waals surface area contributed by atoms with Crippen molar-refractivity contribution >= 4 is 35.3 Å². The molecular weight excluding hydrogens is 386 g/mol. The predicted molar refractivity (Wildman–Crippen MR) is 115 cm³/mol. The summed E-state index contributed by atoms with van der Waals surface area (Å²) in [4.78, 5) is 39.5. The number of fused-ring (bicyclic) bond motifs is 1. The summed E-state index contributed by atoms with van der Waals surface area (Å²) in [5.74, 6) is -0.242. The number of urea groups is 1. The number of nitrogens with one attached hydrogen (secondary N) is 1. The summed E-state index contributed by atoms with van der Waals surface area (Å²) in [7, 11) is 0. The number of rotatable bonds is 8. The van der Waals surface area contributed by atoms with Gasteiger partial charge in [0.2, 0.25) is 0 Å². The van der Waals surface area contributed by atoms with Crippen molar-refractivity contribution in [1.29, 1.82) is 0 Å². The van der Waals surface area contributed by atoms with Gasteiger partial charge in [-0.25, -0.2) is 4.79 Å². The van der Waals surface area contributed by atoms with Gasteiger partial charge in [0.15, 0.2) is 11.8 Å². The molecule has 1 aromatic rings. The quantitative estimate of drug-likeness (QED) is 0.664. The molecule has 4 amide bonds. The molecule has 1 N–H and O–H groups in total. The molecule has 0 aliphatic carbocycles. The minimum absolute atomic E-state index is 0.00899. The van der Waals surface area contributed by atoms with Crippen LogP contribution >= 0.6 is 11.8 Å². The Balaban J connectivity index is 1.64. The lowest BCUT2D eigenvalue weighted by Gasteiger charge is -2.25. The highest BCUT2D eigenvalue weighted by molar-refractivity contribution is 8.04. The Morgan fingerprint density at radius 1 is 1.21 bits per heavy atom. The highest BCUT2D eigenvalue weighted by Gasteiger charge is 2.49. The van der Waals surface area contributed by atoms with E-state index in [1.807, 2.05) is 44.4 Å². The van der Waals surface area contributed by atoms with Crippen LogP contribution in [0.3, 0.4) is 0 Å². The minimum Gasteiger partial charge on any atom is -0.350 e. The largest absolute Gasteiger partial charge is 0.501 e. The van der Waals surface area contributed by atoms with Crippen LogP contribution in [0, 0.1) is 5.92 Å². The molecular formula is C22H28N3O3S+. The van der Waals surface area contributed by atoms with Crippen LogP contribution in [0.5, 0.6) is 0 Å². The van der Waals surface area contributed by atoms with Gasteiger partial charge in [0.05, 0.1) is 6.54 Å². The summed E-state index contributed by atoms with van der Waals surface area (Å²) in [5.41, 5.74) is 1.84. The van der Waals surface area contributed by atoms with Crippen molar-refractivity contribution in [2.45, 2.75) is 44.9 Å². The van der Waals surface area contributed by atoms with Gasteiger partial charge in [-0.1, -0.05) is 44.2 Å². The maximum Gasteiger partial charge on any atom is 0.501 e. The Hall–Kier alpha value is -2.41. The zero-order valence-corrected chi connectivity index (χ0v) is 17.9. The van der Waals surface area contributed by atoms with Crippen LogP contribution in [0.1, 0.15) is 32.8 Å². The minimum atomic E-state index is -0.435. The summed E-state index contributed by atoms with van der Waals surface area (Å²) in [5, 5.41) is 4.37. The van der Waals surface area contributed by atoms with Gasteiger partial charge in [-0.05, 0) is 42.7 Å². The first-order valence-electron chi connectivity index (χ1n) is 10.0. The standard InChI is InChI=1S/C22H27N3O3S/c1-15(2)13-25-21(27)20-18(11-12-29-20)24(22(25)28)14-19(26)23-16(3)9-10-17-7-5-4-6-8-17/h4-8,11-12,15-16,20H,9-10,13-14H2,1-3H3/p+1. The predicted octanol–water partition coefficient (Wildman–Crippen LogP) is 2.82. The fourth-order valence-corrected chi connectivity index (χ4v) is 4.47. The van der Waals surface area contributed by atoms with E-state index in [4.69, 9.17) is 0 Å². The Labute approximate surface area is 176 Å². The number of amides is 4. The molecule has 0 saturated carbocycles. The van der Waals surface area contributed by atoms with Gasteiger partial charge in [0.1, 0.15) is 5.71 Å². The molecule has 0 bridgehead atoms. The number of allylic oxidation sites excluding steroid dienone is 1. The van der Waals surface area contributed by atoms with E-state index in [2.05, 4.69) is 17.4 Å². The highest BCUT2D eigenvalue weighted by atomic mass is 32.2. The van der Waals surface area contributed by atoms with Crippen molar-refractivity contribution in [3.63, 3.8) is 0 Å². The fraction of sp³-hybridized carbons (Fsp3) is 0.455. The normalized spacial score (nSPS) is 19.7. The number of carbonyl (C=O) groups is 3. The van der Waals surface area contributed by atoms with Crippen LogP contribution in [0.2, 0.25) is 0 Å². The van der Waals surface area contributed by atoms with Gasteiger partial charge in [-0.3, -0.25) is 4.79 Å². The second-order valence-corrected chi connectivity index (χ2v) is 8.96. The summed E-state index contributed by atoms with van der Waals surface area (Å²) in [6, 6.07) is 9.72. The monoisotopic (exact) mass is 414 g/mol. The van der Waals surface area contributed by atoms with Crippen molar-refractivity contribution in [1.82, 2.24) is 10.2 Å². The summed E-state index contributed by atoms with van der Waals surface area (Å²) in [6.07, 6.45) is 3.46. The lowest BCUT2D eigenvalue weighted by molar-refractivity contribution is -0.426. The maximum absolute atomic E-state index is 12.9. The second-order valence-electron chi connectivity index (χ2n) is 7.95. The number of benzene rings is 1. The number of hydrogen-bond acceptors (Lipinski definition) is 4. The van der Waals surface area contributed by atoms with E-state index in [1.165, 1.54) is 26.8 Å². The van der Waals surface area contributed by atoms with E-state index >= 15 is 0 Å². The molecule has 3 rings (SSSR count). The van der Waals surface area contributed by atoms with Crippen LogP contribution in [0.25, 0.3) is 0 Å². The first-order chi connectivity index (χ1) is 13.9. The Bertz CT molecular complexity index is 848. The van der Waals surface area contributed by atoms with Gasteiger partial charge < -0.3 is 5.32 Å². The first-order valence-corrected chi connectivity index (χ1v) is 11.0. The van der Waals surface area contributed by atoms with Gasteiger partial charge in [0, 0.05) is 6.04 Å². The van der Waals surface area contributed by atoms with E-state index in [9.17, 15) is 14.4 Å². The van der Waals surface area contributed by atoms with Gasteiger partial charge in [-0.2, -0.15) is 14.3 Å². The molecule has 0 fully saturated rings. The third kappa shape index (κ3) is 5.15. The SMILES string of the molecule is CC(C)CN1C(=O)C2SC=CC2=[N+](CC(=O)NC(C)CCc2ccccc2)C1=O. The molecule has 0 spiro atoms. The molecule has 29 heavy (non-hydrogen) atoms. The molecule has 1 aromatic carbocycles. The molecule has 2 aliphatic rings. The van der Waals surface area contributed by atoms with Crippen LogP contribution in [-0.2, 0) is 16.0 Å². The van der Waals surface area contributed by atoms with Gasteiger partial charge >= 0.3 is 11.9 Å². The zero-order chi connectivity index (χ0) is 21.0. The molecule has 154 valence electrons. The average molecular weight is 415 g/mol. The summed E-state index contributed by atoms with van der Waals surface area (Å²) in [6.45, 7) is 6.17. The Morgan fingerprint density at radius 2 is 1.93 bits per heavy atom.